The Bertz CT molecular complexity index is 333. The standard InChI is InChI=1S/C12H21ClN4/c1-2-11(13)12-10-17(15-14-12)9-8-16-6-4-3-5-7-16/h10-11H,2-9H2,1H3. The molecule has 1 atom stereocenters. The number of aromatic nitrogens is 3. The van der Waals surface area contributed by atoms with Gasteiger partial charge < -0.3 is 4.90 Å². The van der Waals surface area contributed by atoms with Crippen molar-refractivity contribution in [3.05, 3.63) is 11.9 Å². The Labute approximate surface area is 108 Å². The Balaban J connectivity index is 1.80. The van der Waals surface area contributed by atoms with E-state index >= 15 is 0 Å². The van der Waals surface area contributed by atoms with Crippen LogP contribution in [0.25, 0.3) is 0 Å². The highest BCUT2D eigenvalue weighted by Gasteiger charge is 2.12. The van der Waals surface area contributed by atoms with E-state index in [9.17, 15) is 0 Å². The van der Waals surface area contributed by atoms with Gasteiger partial charge >= 0.3 is 0 Å². The first-order valence-corrected chi connectivity index (χ1v) is 6.99. The first-order valence-electron chi connectivity index (χ1n) is 6.56. The molecular weight excluding hydrogens is 236 g/mol. The van der Waals surface area contributed by atoms with Gasteiger partial charge in [0.15, 0.2) is 0 Å². The molecule has 0 saturated carbocycles. The predicted molar refractivity (Wildman–Crippen MR) is 69.2 cm³/mol. The number of nitrogens with zero attached hydrogens (tertiary/aromatic N) is 4. The van der Waals surface area contributed by atoms with Gasteiger partial charge in [-0.2, -0.15) is 0 Å². The highest BCUT2D eigenvalue weighted by atomic mass is 35.5. The van der Waals surface area contributed by atoms with Crippen molar-refractivity contribution in [2.45, 2.75) is 44.5 Å². The molecule has 0 amide bonds. The third-order valence-electron chi connectivity index (χ3n) is 3.33. The van der Waals surface area contributed by atoms with Crippen LogP contribution in [0.4, 0.5) is 0 Å². The molecule has 0 N–H and O–H groups in total. The topological polar surface area (TPSA) is 34.0 Å². The van der Waals surface area contributed by atoms with E-state index in [1.807, 2.05) is 10.9 Å². The van der Waals surface area contributed by atoms with Crippen LogP contribution in [0.3, 0.4) is 0 Å². The van der Waals surface area contributed by atoms with Gasteiger partial charge in [-0.05, 0) is 32.4 Å². The summed E-state index contributed by atoms with van der Waals surface area (Å²) in [4.78, 5) is 2.50. The molecule has 1 aromatic heterocycles. The van der Waals surface area contributed by atoms with Crippen molar-refractivity contribution < 1.29 is 0 Å². The fourth-order valence-electron chi connectivity index (χ4n) is 2.20. The Hall–Kier alpha value is -0.610. The summed E-state index contributed by atoms with van der Waals surface area (Å²) in [6.07, 6.45) is 6.93. The summed E-state index contributed by atoms with van der Waals surface area (Å²) in [5, 5.41) is 8.24. The van der Waals surface area contributed by atoms with Crippen molar-refractivity contribution in [3.8, 4) is 0 Å². The van der Waals surface area contributed by atoms with Gasteiger partial charge in [0, 0.05) is 12.7 Å². The van der Waals surface area contributed by atoms with E-state index in [4.69, 9.17) is 11.6 Å². The number of piperidine rings is 1. The maximum Gasteiger partial charge on any atom is 0.100 e. The van der Waals surface area contributed by atoms with E-state index in [2.05, 4.69) is 22.1 Å². The molecule has 2 rings (SSSR count). The summed E-state index contributed by atoms with van der Waals surface area (Å²) in [5.74, 6) is 0. The lowest BCUT2D eigenvalue weighted by atomic mass is 10.1. The Morgan fingerprint density at radius 1 is 1.29 bits per heavy atom. The minimum absolute atomic E-state index is 0.00117. The zero-order valence-corrected chi connectivity index (χ0v) is 11.2. The lowest BCUT2D eigenvalue weighted by Gasteiger charge is -2.25. The molecule has 0 radical (unpaired) electrons. The fraction of sp³-hybridized carbons (Fsp3) is 0.833. The van der Waals surface area contributed by atoms with E-state index in [0.717, 1.165) is 25.2 Å². The zero-order chi connectivity index (χ0) is 12.1. The molecule has 17 heavy (non-hydrogen) atoms. The quantitative estimate of drug-likeness (QED) is 0.759. The van der Waals surface area contributed by atoms with Gasteiger partial charge in [-0.1, -0.05) is 18.6 Å². The summed E-state index contributed by atoms with van der Waals surface area (Å²) < 4.78 is 1.91. The van der Waals surface area contributed by atoms with E-state index in [1.54, 1.807) is 0 Å². The first kappa shape index (κ1) is 12.8. The molecule has 96 valence electrons. The Kier molecular flexibility index (Phi) is 4.80. The molecule has 1 aromatic rings. The van der Waals surface area contributed by atoms with E-state index in [0.29, 0.717) is 0 Å². The minimum atomic E-state index is -0.00117. The van der Waals surface area contributed by atoms with Crippen LogP contribution < -0.4 is 0 Å². The first-order chi connectivity index (χ1) is 8.29. The van der Waals surface area contributed by atoms with Gasteiger partial charge in [0.05, 0.1) is 11.9 Å². The van der Waals surface area contributed by atoms with Gasteiger partial charge in [-0.25, -0.2) is 0 Å². The molecule has 1 aliphatic heterocycles. The molecule has 2 heterocycles. The van der Waals surface area contributed by atoms with Crippen LogP contribution in [0.2, 0.25) is 0 Å². The van der Waals surface area contributed by atoms with Crippen LogP contribution in [-0.4, -0.2) is 39.5 Å². The third-order valence-corrected chi connectivity index (χ3v) is 3.86. The SMILES string of the molecule is CCC(Cl)c1cn(CCN2CCCCC2)nn1. The molecule has 4 nitrogen and oxygen atoms in total. The second-order valence-electron chi connectivity index (χ2n) is 4.68. The number of alkyl halides is 1. The van der Waals surface area contributed by atoms with Crippen molar-refractivity contribution in [1.82, 2.24) is 19.9 Å². The number of hydrogen-bond acceptors (Lipinski definition) is 3. The van der Waals surface area contributed by atoms with Gasteiger partial charge in [-0.15, -0.1) is 16.7 Å². The summed E-state index contributed by atoms with van der Waals surface area (Å²) in [7, 11) is 0. The van der Waals surface area contributed by atoms with Crippen LogP contribution >= 0.6 is 11.6 Å². The molecule has 1 aliphatic rings. The lowest BCUT2D eigenvalue weighted by Crippen LogP contribution is -2.32. The largest absolute Gasteiger partial charge is 0.301 e. The van der Waals surface area contributed by atoms with Crippen LogP contribution in [0.5, 0.6) is 0 Å². The van der Waals surface area contributed by atoms with Crippen LogP contribution in [0.15, 0.2) is 6.20 Å². The van der Waals surface area contributed by atoms with Gasteiger partial charge in [0.1, 0.15) is 5.69 Å². The highest BCUT2D eigenvalue weighted by molar-refractivity contribution is 6.20. The van der Waals surface area contributed by atoms with E-state index in [-0.39, 0.29) is 5.38 Å². The summed E-state index contributed by atoms with van der Waals surface area (Å²) in [6, 6.07) is 0. The van der Waals surface area contributed by atoms with Crippen LogP contribution in [-0.2, 0) is 6.54 Å². The highest BCUT2D eigenvalue weighted by Crippen LogP contribution is 2.20. The van der Waals surface area contributed by atoms with Crippen molar-refractivity contribution in [2.24, 2.45) is 0 Å². The monoisotopic (exact) mass is 256 g/mol. The summed E-state index contributed by atoms with van der Waals surface area (Å²) in [6.45, 7) is 6.51. The molecule has 0 bridgehead atoms. The van der Waals surface area contributed by atoms with E-state index in [1.165, 1.54) is 32.4 Å². The average Bonchev–Trinajstić information content (AvgIpc) is 2.85. The maximum atomic E-state index is 6.13. The lowest BCUT2D eigenvalue weighted by molar-refractivity contribution is 0.217. The maximum absolute atomic E-state index is 6.13. The van der Waals surface area contributed by atoms with E-state index < -0.39 is 0 Å². The molecule has 0 spiro atoms. The molecule has 1 fully saturated rings. The smallest absolute Gasteiger partial charge is 0.100 e. The zero-order valence-electron chi connectivity index (χ0n) is 10.5. The third kappa shape index (κ3) is 3.68. The second kappa shape index (κ2) is 6.36. The van der Waals surface area contributed by atoms with Gasteiger partial charge in [-0.3, -0.25) is 4.68 Å². The molecule has 1 unspecified atom stereocenters. The average molecular weight is 257 g/mol. The molecule has 5 heteroatoms. The number of likely N-dealkylation sites (tertiary alicyclic amines) is 1. The Morgan fingerprint density at radius 3 is 2.76 bits per heavy atom. The number of rotatable bonds is 5. The van der Waals surface area contributed by atoms with Crippen molar-refractivity contribution in [3.63, 3.8) is 0 Å². The van der Waals surface area contributed by atoms with Crippen LogP contribution in [0, 0.1) is 0 Å². The van der Waals surface area contributed by atoms with Crippen molar-refractivity contribution >= 4 is 11.6 Å². The molecule has 1 saturated heterocycles. The fourth-order valence-corrected chi connectivity index (χ4v) is 2.30. The van der Waals surface area contributed by atoms with Crippen molar-refractivity contribution in [2.75, 3.05) is 19.6 Å². The summed E-state index contributed by atoms with van der Waals surface area (Å²) in [5.41, 5.74) is 0.896. The second-order valence-corrected chi connectivity index (χ2v) is 5.21. The molecular formula is C12H21ClN4. The van der Waals surface area contributed by atoms with Crippen LogP contribution in [0.1, 0.15) is 43.7 Å². The Morgan fingerprint density at radius 2 is 2.06 bits per heavy atom. The normalized spacial score (nSPS) is 19.4. The summed E-state index contributed by atoms with van der Waals surface area (Å²) >= 11 is 6.13. The molecule has 0 aliphatic carbocycles. The van der Waals surface area contributed by atoms with Crippen molar-refractivity contribution in [1.29, 1.82) is 0 Å². The van der Waals surface area contributed by atoms with Gasteiger partial charge in [0.25, 0.3) is 0 Å². The number of halogens is 1. The minimum Gasteiger partial charge on any atom is -0.301 e. The van der Waals surface area contributed by atoms with Gasteiger partial charge in [0.2, 0.25) is 0 Å². The predicted octanol–water partition coefficient (Wildman–Crippen LogP) is 2.45. The number of hydrogen-bond donors (Lipinski definition) is 0. The molecule has 0 aromatic carbocycles.